The van der Waals surface area contributed by atoms with E-state index in [9.17, 15) is 18.0 Å². The van der Waals surface area contributed by atoms with Crippen molar-refractivity contribution in [2.45, 2.75) is 12.8 Å². The Labute approximate surface area is 130 Å². The zero-order chi connectivity index (χ0) is 16.7. The molecule has 1 N–H and O–H groups in total. The molecule has 0 aliphatic heterocycles. The topological polar surface area (TPSA) is 47.6 Å². The molecule has 1 amide bonds. The van der Waals surface area contributed by atoms with Gasteiger partial charge in [-0.3, -0.25) is 9.63 Å². The number of nitrogens with one attached hydrogen (secondary N) is 1. The molecule has 0 radical (unpaired) electrons. The zero-order valence-corrected chi connectivity index (χ0v) is 12.0. The highest BCUT2D eigenvalue weighted by Gasteiger charge is 2.30. The fourth-order valence-electron chi connectivity index (χ4n) is 1.71. The highest BCUT2D eigenvalue weighted by Crippen LogP contribution is 2.31. The first kappa shape index (κ1) is 16.8. The van der Waals surface area contributed by atoms with Crippen molar-refractivity contribution in [1.29, 1.82) is 0 Å². The molecule has 0 fully saturated rings. The molecule has 0 aliphatic rings. The van der Waals surface area contributed by atoms with Gasteiger partial charge in [0.2, 0.25) is 0 Å². The number of rotatable bonds is 6. The summed E-state index contributed by atoms with van der Waals surface area (Å²) in [6.07, 6.45) is -4.46. The van der Waals surface area contributed by atoms with Gasteiger partial charge in [0.1, 0.15) is 5.75 Å². The summed E-state index contributed by atoms with van der Waals surface area (Å²) in [6, 6.07) is 13.5. The van der Waals surface area contributed by atoms with Crippen molar-refractivity contribution in [3.8, 4) is 5.75 Å². The summed E-state index contributed by atoms with van der Waals surface area (Å²) >= 11 is 0. The van der Waals surface area contributed by atoms with Gasteiger partial charge in [-0.1, -0.05) is 36.4 Å². The number of hydrogen-bond donors (Lipinski definition) is 1. The second kappa shape index (κ2) is 7.64. The Morgan fingerprint density at radius 1 is 1.04 bits per heavy atom. The van der Waals surface area contributed by atoms with Crippen LogP contribution in [-0.4, -0.2) is 12.5 Å². The average Bonchev–Trinajstić information content (AvgIpc) is 2.53. The molecule has 0 unspecified atom stereocenters. The highest BCUT2D eigenvalue weighted by molar-refractivity contribution is 5.76. The number of carbonyl (C=O) groups is 1. The van der Waals surface area contributed by atoms with Crippen molar-refractivity contribution < 1.29 is 27.5 Å². The number of amides is 1. The van der Waals surface area contributed by atoms with Crippen LogP contribution in [0.25, 0.3) is 0 Å². The van der Waals surface area contributed by atoms with Crippen LogP contribution in [-0.2, 0) is 22.4 Å². The van der Waals surface area contributed by atoms with Crippen LogP contribution in [0.4, 0.5) is 13.2 Å². The van der Waals surface area contributed by atoms with Crippen LogP contribution in [0.15, 0.2) is 54.6 Å². The predicted octanol–water partition coefficient (Wildman–Crippen LogP) is 3.33. The minimum atomic E-state index is -4.46. The van der Waals surface area contributed by atoms with E-state index < -0.39 is 24.3 Å². The normalized spacial score (nSPS) is 11.1. The third-order valence-corrected chi connectivity index (χ3v) is 2.80. The molecule has 7 heteroatoms. The van der Waals surface area contributed by atoms with Gasteiger partial charge >= 0.3 is 6.18 Å². The van der Waals surface area contributed by atoms with Crippen LogP contribution < -0.4 is 10.2 Å². The van der Waals surface area contributed by atoms with Gasteiger partial charge in [0.25, 0.3) is 5.91 Å². The molecular formula is C16H14F3NO3. The van der Waals surface area contributed by atoms with E-state index in [2.05, 4.69) is 5.48 Å². The van der Waals surface area contributed by atoms with Gasteiger partial charge in [-0.05, 0) is 23.8 Å². The van der Waals surface area contributed by atoms with E-state index >= 15 is 0 Å². The van der Waals surface area contributed by atoms with Crippen molar-refractivity contribution in [3.05, 3.63) is 65.7 Å². The van der Waals surface area contributed by atoms with Crippen molar-refractivity contribution in [1.82, 2.24) is 5.48 Å². The second-order valence-electron chi connectivity index (χ2n) is 4.61. The highest BCUT2D eigenvalue weighted by atomic mass is 19.4. The van der Waals surface area contributed by atoms with Gasteiger partial charge in [-0.15, -0.1) is 0 Å². The molecule has 4 nitrogen and oxygen atoms in total. The van der Waals surface area contributed by atoms with Gasteiger partial charge < -0.3 is 4.74 Å². The summed E-state index contributed by atoms with van der Waals surface area (Å²) in [5.41, 5.74) is 2.19. The molecule has 2 rings (SSSR count). The Balaban J connectivity index is 1.76. The molecule has 0 spiro atoms. The summed E-state index contributed by atoms with van der Waals surface area (Å²) < 4.78 is 42.6. The largest absolute Gasteiger partial charge is 0.484 e. The maximum absolute atomic E-state index is 12.5. The van der Waals surface area contributed by atoms with E-state index in [4.69, 9.17) is 9.57 Å². The van der Waals surface area contributed by atoms with Crippen LogP contribution >= 0.6 is 0 Å². The van der Waals surface area contributed by atoms with Gasteiger partial charge in [0, 0.05) is 0 Å². The molecule has 0 heterocycles. The quantitative estimate of drug-likeness (QED) is 0.829. The van der Waals surface area contributed by atoms with Crippen molar-refractivity contribution in [2.24, 2.45) is 0 Å². The molecule has 2 aromatic rings. The van der Waals surface area contributed by atoms with Gasteiger partial charge in [-0.2, -0.15) is 13.2 Å². The fourth-order valence-corrected chi connectivity index (χ4v) is 1.71. The smallest absolute Gasteiger partial charge is 0.416 e. The molecule has 23 heavy (non-hydrogen) atoms. The first-order chi connectivity index (χ1) is 10.9. The summed E-state index contributed by atoms with van der Waals surface area (Å²) in [7, 11) is 0. The van der Waals surface area contributed by atoms with E-state index in [-0.39, 0.29) is 12.4 Å². The summed E-state index contributed by atoms with van der Waals surface area (Å²) in [4.78, 5) is 16.5. The number of halogens is 3. The van der Waals surface area contributed by atoms with Crippen molar-refractivity contribution in [2.75, 3.05) is 6.61 Å². The zero-order valence-electron chi connectivity index (χ0n) is 12.0. The lowest BCUT2D eigenvalue weighted by Crippen LogP contribution is -2.29. The number of carbonyl (C=O) groups excluding carboxylic acids is 1. The van der Waals surface area contributed by atoms with E-state index in [1.54, 1.807) is 0 Å². The third-order valence-electron chi connectivity index (χ3n) is 2.80. The van der Waals surface area contributed by atoms with Crippen molar-refractivity contribution >= 4 is 5.91 Å². The minimum Gasteiger partial charge on any atom is -0.484 e. The molecule has 0 saturated heterocycles. The molecule has 0 bridgehead atoms. The molecule has 0 saturated carbocycles. The molecule has 122 valence electrons. The third kappa shape index (κ3) is 5.63. The number of alkyl halides is 3. The van der Waals surface area contributed by atoms with Crippen LogP contribution in [0, 0.1) is 0 Å². The van der Waals surface area contributed by atoms with Crippen LogP contribution in [0.2, 0.25) is 0 Å². The van der Waals surface area contributed by atoms with Crippen LogP contribution in [0.1, 0.15) is 11.1 Å². The van der Waals surface area contributed by atoms with E-state index in [1.807, 2.05) is 30.3 Å². The Morgan fingerprint density at radius 3 is 2.48 bits per heavy atom. The minimum absolute atomic E-state index is 0.0435. The molecule has 0 atom stereocenters. The van der Waals surface area contributed by atoms with Crippen LogP contribution in [0.3, 0.4) is 0 Å². The maximum Gasteiger partial charge on any atom is 0.416 e. The van der Waals surface area contributed by atoms with Crippen molar-refractivity contribution in [3.63, 3.8) is 0 Å². The van der Waals surface area contributed by atoms with Gasteiger partial charge in [0.05, 0.1) is 12.2 Å². The van der Waals surface area contributed by atoms with Gasteiger partial charge in [0.15, 0.2) is 6.61 Å². The maximum atomic E-state index is 12.5. The Kier molecular flexibility index (Phi) is 5.59. The molecule has 0 aromatic heterocycles. The Bertz CT molecular complexity index is 645. The molecule has 0 aliphatic carbocycles. The summed E-state index contributed by atoms with van der Waals surface area (Å²) in [6.45, 7) is -0.272. The number of ether oxygens (including phenoxy) is 1. The SMILES string of the molecule is O=C(COc1cccc(C(F)(F)F)c1)NOCc1ccccc1. The van der Waals surface area contributed by atoms with Crippen LogP contribution in [0.5, 0.6) is 5.75 Å². The fraction of sp³-hybridized carbons (Fsp3) is 0.188. The molecular weight excluding hydrogens is 311 g/mol. The lowest BCUT2D eigenvalue weighted by molar-refractivity contribution is -0.137. The number of hydroxylamine groups is 1. The summed E-state index contributed by atoms with van der Waals surface area (Å²) in [5, 5.41) is 0. The lowest BCUT2D eigenvalue weighted by atomic mass is 10.2. The summed E-state index contributed by atoms with van der Waals surface area (Å²) in [5.74, 6) is -0.642. The predicted molar refractivity (Wildman–Crippen MR) is 76.3 cm³/mol. The number of benzene rings is 2. The monoisotopic (exact) mass is 325 g/mol. The van der Waals surface area contributed by atoms with E-state index in [0.717, 1.165) is 17.7 Å². The van der Waals surface area contributed by atoms with E-state index in [0.29, 0.717) is 0 Å². The second-order valence-corrected chi connectivity index (χ2v) is 4.61. The van der Waals surface area contributed by atoms with Gasteiger partial charge in [-0.25, -0.2) is 5.48 Å². The lowest BCUT2D eigenvalue weighted by Gasteiger charge is -2.10. The average molecular weight is 325 g/mol. The van der Waals surface area contributed by atoms with E-state index in [1.165, 1.54) is 12.1 Å². The first-order valence-corrected chi connectivity index (χ1v) is 6.70. The first-order valence-electron chi connectivity index (χ1n) is 6.70. The standard InChI is InChI=1S/C16H14F3NO3/c17-16(18,19)13-7-4-8-14(9-13)22-11-15(21)20-23-10-12-5-2-1-3-6-12/h1-9H,10-11H2,(H,20,21). The Hall–Kier alpha value is -2.54. The molecule has 2 aromatic carbocycles. The Morgan fingerprint density at radius 2 is 1.78 bits per heavy atom. The number of hydrogen-bond acceptors (Lipinski definition) is 3.